The fourth-order valence-electron chi connectivity index (χ4n) is 3.51. The Labute approximate surface area is 204 Å². The van der Waals surface area contributed by atoms with E-state index < -0.39 is 24.3 Å². The number of alkyl halides is 3. The highest BCUT2D eigenvalue weighted by molar-refractivity contribution is 6.14. The largest absolute Gasteiger partial charge is 0.497 e. The molecule has 1 aliphatic rings. The van der Waals surface area contributed by atoms with Crippen molar-refractivity contribution in [1.29, 1.82) is 0 Å². The molecule has 0 saturated heterocycles. The highest BCUT2D eigenvalue weighted by Gasteiger charge is 2.33. The number of amides is 1. The molecule has 186 valence electrons. The van der Waals surface area contributed by atoms with Crippen LogP contribution in [0, 0.1) is 0 Å². The molecule has 1 amide bonds. The van der Waals surface area contributed by atoms with Crippen LogP contribution in [-0.2, 0) is 11.0 Å². The standard InChI is InChI=1S/C26H20F3NO6/c1-33-16-8-7-15(21(12-16)34-2)11-23-25(32)18-10-9-17(13-22(18)36-23)35-14-24(31)30-20-6-4-3-5-19(20)26(27,28)29/h3-13H,14H2,1-2H3,(H,30,31). The quantitative estimate of drug-likeness (QED) is 0.441. The maximum atomic E-state index is 13.1. The molecule has 0 fully saturated rings. The number of benzene rings is 3. The second-order valence-corrected chi connectivity index (χ2v) is 7.59. The summed E-state index contributed by atoms with van der Waals surface area (Å²) < 4.78 is 60.9. The van der Waals surface area contributed by atoms with E-state index in [1.807, 2.05) is 0 Å². The molecule has 0 bridgehead atoms. The number of carbonyl (C=O) groups excluding carboxylic acids is 2. The highest BCUT2D eigenvalue weighted by Crippen LogP contribution is 2.37. The third-order valence-corrected chi connectivity index (χ3v) is 5.25. The number of nitrogens with one attached hydrogen (secondary N) is 1. The first-order chi connectivity index (χ1) is 17.2. The maximum Gasteiger partial charge on any atom is 0.418 e. The lowest BCUT2D eigenvalue weighted by Gasteiger charge is -2.14. The summed E-state index contributed by atoms with van der Waals surface area (Å²) in [4.78, 5) is 25.0. The van der Waals surface area contributed by atoms with Gasteiger partial charge in [0.05, 0.1) is 31.0 Å². The Balaban J connectivity index is 1.44. The van der Waals surface area contributed by atoms with Crippen molar-refractivity contribution >= 4 is 23.5 Å². The molecule has 4 rings (SSSR count). The Hall–Kier alpha value is -4.47. The number of ether oxygens (including phenoxy) is 4. The summed E-state index contributed by atoms with van der Waals surface area (Å²) in [6.07, 6.45) is -3.08. The van der Waals surface area contributed by atoms with Crippen molar-refractivity contribution in [2.45, 2.75) is 6.18 Å². The molecule has 0 atom stereocenters. The number of Topliss-reactive ketones (excluding diaryl/α,β-unsaturated/α-hetero) is 1. The highest BCUT2D eigenvalue weighted by atomic mass is 19.4. The molecule has 1 heterocycles. The van der Waals surface area contributed by atoms with Crippen LogP contribution in [0.15, 0.2) is 66.4 Å². The van der Waals surface area contributed by atoms with Crippen LogP contribution in [0.2, 0.25) is 0 Å². The monoisotopic (exact) mass is 499 g/mol. The number of fused-ring (bicyclic) bond motifs is 1. The first-order valence-electron chi connectivity index (χ1n) is 10.6. The van der Waals surface area contributed by atoms with Crippen LogP contribution >= 0.6 is 0 Å². The summed E-state index contributed by atoms with van der Waals surface area (Å²) >= 11 is 0. The number of carbonyl (C=O) groups is 2. The van der Waals surface area contributed by atoms with Gasteiger partial charge < -0.3 is 24.3 Å². The second-order valence-electron chi connectivity index (χ2n) is 7.59. The summed E-state index contributed by atoms with van der Waals surface area (Å²) in [6, 6.07) is 14.1. The molecule has 36 heavy (non-hydrogen) atoms. The van der Waals surface area contributed by atoms with E-state index in [4.69, 9.17) is 18.9 Å². The minimum absolute atomic E-state index is 0.0621. The molecular weight excluding hydrogens is 479 g/mol. The van der Waals surface area contributed by atoms with Crippen LogP contribution in [0.4, 0.5) is 18.9 Å². The van der Waals surface area contributed by atoms with E-state index in [2.05, 4.69) is 5.32 Å². The number of hydrogen-bond donors (Lipinski definition) is 1. The lowest BCUT2D eigenvalue weighted by molar-refractivity contribution is -0.137. The zero-order valence-corrected chi connectivity index (χ0v) is 19.1. The fourth-order valence-corrected chi connectivity index (χ4v) is 3.51. The summed E-state index contributed by atoms with van der Waals surface area (Å²) in [5, 5.41) is 2.20. The van der Waals surface area contributed by atoms with Gasteiger partial charge in [0.2, 0.25) is 5.78 Å². The van der Waals surface area contributed by atoms with Gasteiger partial charge in [-0.1, -0.05) is 12.1 Å². The van der Waals surface area contributed by atoms with Gasteiger partial charge in [0, 0.05) is 17.7 Å². The van der Waals surface area contributed by atoms with Crippen LogP contribution in [-0.4, -0.2) is 32.5 Å². The van der Waals surface area contributed by atoms with Gasteiger partial charge in [0.15, 0.2) is 12.4 Å². The van der Waals surface area contributed by atoms with E-state index in [0.717, 1.165) is 12.1 Å². The number of hydrogen-bond acceptors (Lipinski definition) is 6. The zero-order valence-electron chi connectivity index (χ0n) is 19.1. The Morgan fingerprint density at radius 2 is 1.75 bits per heavy atom. The van der Waals surface area contributed by atoms with Gasteiger partial charge in [0.1, 0.15) is 23.0 Å². The third-order valence-electron chi connectivity index (χ3n) is 5.25. The molecule has 0 spiro atoms. The van der Waals surface area contributed by atoms with Gasteiger partial charge in [-0.3, -0.25) is 9.59 Å². The SMILES string of the molecule is COc1ccc(C=C2Oc3cc(OCC(=O)Nc4ccccc4C(F)(F)F)ccc3C2=O)c(OC)c1. The molecule has 3 aromatic carbocycles. The van der Waals surface area contributed by atoms with Crippen LogP contribution in [0.25, 0.3) is 6.08 Å². The second kappa shape index (κ2) is 10.0. The molecule has 1 aliphatic heterocycles. The van der Waals surface area contributed by atoms with E-state index in [1.54, 1.807) is 18.2 Å². The topological polar surface area (TPSA) is 83.1 Å². The average Bonchev–Trinajstić information content (AvgIpc) is 3.17. The number of rotatable bonds is 7. The Morgan fingerprint density at radius 3 is 2.47 bits per heavy atom. The summed E-state index contributed by atoms with van der Waals surface area (Å²) in [5.41, 5.74) is -0.438. The molecule has 7 nitrogen and oxygen atoms in total. The van der Waals surface area contributed by atoms with E-state index in [9.17, 15) is 22.8 Å². The van der Waals surface area contributed by atoms with E-state index in [1.165, 1.54) is 50.6 Å². The van der Waals surface area contributed by atoms with Crippen molar-refractivity contribution in [3.63, 3.8) is 0 Å². The van der Waals surface area contributed by atoms with Crippen LogP contribution in [0.5, 0.6) is 23.0 Å². The molecule has 0 aliphatic carbocycles. The van der Waals surface area contributed by atoms with Gasteiger partial charge in [0.25, 0.3) is 5.91 Å². The summed E-state index contributed by atoms with van der Waals surface area (Å²) in [7, 11) is 3.02. The molecule has 3 aromatic rings. The zero-order chi connectivity index (χ0) is 25.9. The minimum Gasteiger partial charge on any atom is -0.497 e. The van der Waals surface area contributed by atoms with Crippen molar-refractivity contribution in [3.05, 3.63) is 83.1 Å². The fraction of sp³-hybridized carbons (Fsp3) is 0.154. The number of para-hydroxylation sites is 1. The number of halogens is 3. The van der Waals surface area contributed by atoms with Crippen LogP contribution in [0.1, 0.15) is 21.5 Å². The third kappa shape index (κ3) is 5.27. The molecular formula is C26H20F3NO6. The normalized spacial score (nSPS) is 13.7. The van der Waals surface area contributed by atoms with Crippen molar-refractivity contribution in [2.24, 2.45) is 0 Å². The predicted octanol–water partition coefficient (Wildman–Crippen LogP) is 5.36. The van der Waals surface area contributed by atoms with Gasteiger partial charge >= 0.3 is 6.18 Å². The molecule has 0 saturated carbocycles. The molecule has 10 heteroatoms. The van der Waals surface area contributed by atoms with E-state index in [0.29, 0.717) is 22.6 Å². The molecule has 0 aromatic heterocycles. The number of ketones is 1. The lowest BCUT2D eigenvalue weighted by Crippen LogP contribution is -2.22. The lowest BCUT2D eigenvalue weighted by atomic mass is 10.1. The smallest absolute Gasteiger partial charge is 0.418 e. The Bertz CT molecular complexity index is 1350. The van der Waals surface area contributed by atoms with E-state index in [-0.39, 0.29) is 28.7 Å². The van der Waals surface area contributed by atoms with Crippen molar-refractivity contribution < 1.29 is 41.7 Å². The number of allylic oxidation sites excluding steroid dienone is 1. The summed E-state index contributed by atoms with van der Waals surface area (Å²) in [5.74, 6) is 0.419. The molecule has 1 N–H and O–H groups in total. The van der Waals surface area contributed by atoms with E-state index >= 15 is 0 Å². The minimum atomic E-state index is -4.62. The number of methoxy groups -OCH3 is 2. The Morgan fingerprint density at radius 1 is 1.00 bits per heavy atom. The molecule has 0 radical (unpaired) electrons. The van der Waals surface area contributed by atoms with Gasteiger partial charge in [-0.05, 0) is 42.5 Å². The first kappa shape index (κ1) is 24.6. The van der Waals surface area contributed by atoms with Crippen LogP contribution in [0.3, 0.4) is 0 Å². The van der Waals surface area contributed by atoms with Gasteiger partial charge in [-0.2, -0.15) is 13.2 Å². The van der Waals surface area contributed by atoms with Gasteiger partial charge in [-0.15, -0.1) is 0 Å². The average molecular weight is 499 g/mol. The number of anilines is 1. The first-order valence-corrected chi connectivity index (χ1v) is 10.6. The van der Waals surface area contributed by atoms with Crippen LogP contribution < -0.4 is 24.3 Å². The van der Waals surface area contributed by atoms with Crippen molar-refractivity contribution in [3.8, 4) is 23.0 Å². The van der Waals surface area contributed by atoms with Crippen molar-refractivity contribution in [2.75, 3.05) is 26.1 Å². The Kier molecular flexibility index (Phi) is 6.86. The van der Waals surface area contributed by atoms with Crippen molar-refractivity contribution in [1.82, 2.24) is 0 Å². The predicted molar refractivity (Wildman–Crippen MR) is 124 cm³/mol. The summed E-state index contributed by atoms with van der Waals surface area (Å²) in [6.45, 7) is -0.551. The maximum absolute atomic E-state index is 13.1. The van der Waals surface area contributed by atoms with Gasteiger partial charge in [-0.25, -0.2) is 0 Å². The molecule has 0 unspecified atom stereocenters.